The van der Waals surface area contributed by atoms with Crippen LogP contribution in [0.15, 0.2) is 57.1 Å². The predicted octanol–water partition coefficient (Wildman–Crippen LogP) is 4.11. The summed E-state index contributed by atoms with van der Waals surface area (Å²) in [7, 11) is 1.70. The zero-order valence-electron chi connectivity index (χ0n) is 15.8. The number of rotatable bonds is 5. The van der Waals surface area contributed by atoms with Crippen LogP contribution in [0.25, 0.3) is 20.7 Å². The monoisotopic (exact) mass is 453 g/mol. The number of carbonyl (C=O) groups excluding carboxylic acids is 2. The molecule has 150 valence electrons. The van der Waals surface area contributed by atoms with Crippen LogP contribution in [-0.4, -0.2) is 38.6 Å². The van der Waals surface area contributed by atoms with Crippen molar-refractivity contribution in [3.05, 3.63) is 68.6 Å². The Kier molecular flexibility index (Phi) is 4.80. The summed E-state index contributed by atoms with van der Waals surface area (Å²) in [6, 6.07) is 10.8. The molecule has 6 nitrogen and oxygen atoms in total. The van der Waals surface area contributed by atoms with E-state index in [9.17, 15) is 14.4 Å². The third-order valence-corrected chi connectivity index (χ3v) is 7.77. The summed E-state index contributed by atoms with van der Waals surface area (Å²) >= 11 is 4.41. The molecule has 0 saturated heterocycles. The molecule has 1 aromatic carbocycles. The van der Waals surface area contributed by atoms with Crippen LogP contribution in [0.3, 0.4) is 0 Å². The Balaban J connectivity index is 1.37. The fourth-order valence-electron chi connectivity index (χ4n) is 3.47. The second-order valence-corrected chi connectivity index (χ2v) is 9.59. The van der Waals surface area contributed by atoms with E-state index >= 15 is 0 Å². The van der Waals surface area contributed by atoms with Crippen molar-refractivity contribution in [3.8, 4) is 10.4 Å². The summed E-state index contributed by atoms with van der Waals surface area (Å²) in [5.41, 5.74) is 1.71. The van der Waals surface area contributed by atoms with Crippen LogP contribution >= 0.6 is 34.4 Å². The molecule has 9 heteroatoms. The number of hydrogen-bond donors (Lipinski definition) is 0. The lowest BCUT2D eigenvalue weighted by Gasteiger charge is -2.14. The van der Waals surface area contributed by atoms with E-state index in [0.717, 1.165) is 10.4 Å². The first kappa shape index (κ1) is 19.2. The van der Waals surface area contributed by atoms with Gasteiger partial charge in [-0.2, -0.15) is 0 Å². The molecule has 2 amide bonds. The molecule has 4 aromatic rings. The molecule has 0 radical (unpaired) electrons. The van der Waals surface area contributed by atoms with Gasteiger partial charge in [0.15, 0.2) is 5.16 Å². The molecular formula is C21H15N3O3S3. The standard InChI is InChI=1S/C21H15N3O3S3/c1-23-20(27)16-14(15-7-4-9-28-15)11-30-17(16)22-21(23)29-10-8-24-18(25)12-5-2-3-6-13(12)19(24)26/h2-7,9,11H,8,10H2,1H3. The lowest BCUT2D eigenvalue weighted by Crippen LogP contribution is -2.32. The Morgan fingerprint density at radius 2 is 1.70 bits per heavy atom. The molecule has 5 rings (SSSR count). The van der Waals surface area contributed by atoms with Crippen LogP contribution in [0, 0.1) is 0 Å². The lowest BCUT2D eigenvalue weighted by molar-refractivity contribution is 0.0664. The van der Waals surface area contributed by atoms with Gasteiger partial charge in [-0.05, 0) is 23.6 Å². The van der Waals surface area contributed by atoms with Gasteiger partial charge in [0.1, 0.15) is 4.83 Å². The maximum absolute atomic E-state index is 13.0. The molecule has 0 bridgehead atoms. The van der Waals surface area contributed by atoms with Crippen LogP contribution in [-0.2, 0) is 7.05 Å². The quantitative estimate of drug-likeness (QED) is 0.258. The predicted molar refractivity (Wildman–Crippen MR) is 121 cm³/mol. The molecule has 1 aliphatic rings. The van der Waals surface area contributed by atoms with Gasteiger partial charge >= 0.3 is 0 Å². The summed E-state index contributed by atoms with van der Waals surface area (Å²) in [5.74, 6) is -0.0832. The van der Waals surface area contributed by atoms with Gasteiger partial charge in [0, 0.05) is 35.2 Å². The van der Waals surface area contributed by atoms with E-state index in [-0.39, 0.29) is 23.9 Å². The molecule has 0 atom stereocenters. The number of imide groups is 1. The maximum Gasteiger partial charge on any atom is 0.263 e. The molecule has 0 unspecified atom stereocenters. The van der Waals surface area contributed by atoms with Crippen LogP contribution in [0.4, 0.5) is 0 Å². The molecular weight excluding hydrogens is 438 g/mol. The van der Waals surface area contributed by atoms with Gasteiger partial charge in [-0.3, -0.25) is 23.9 Å². The van der Waals surface area contributed by atoms with E-state index in [2.05, 4.69) is 4.98 Å². The fraction of sp³-hybridized carbons (Fsp3) is 0.143. The Morgan fingerprint density at radius 1 is 0.967 bits per heavy atom. The number of thioether (sulfide) groups is 1. The molecule has 3 aromatic heterocycles. The second-order valence-electron chi connectivity index (χ2n) is 6.72. The third kappa shape index (κ3) is 3.01. The average molecular weight is 454 g/mol. The Hall–Kier alpha value is -2.75. The van der Waals surface area contributed by atoms with Crippen molar-refractivity contribution in [2.45, 2.75) is 5.16 Å². The molecule has 1 aliphatic heterocycles. The SMILES string of the molecule is Cn1c(SCCN2C(=O)c3ccccc3C2=O)nc2scc(-c3cccs3)c2c1=O. The van der Waals surface area contributed by atoms with Gasteiger partial charge in [0.25, 0.3) is 17.4 Å². The Bertz CT molecular complexity index is 1320. The van der Waals surface area contributed by atoms with Gasteiger partial charge in [-0.25, -0.2) is 4.98 Å². The van der Waals surface area contributed by atoms with Crippen LogP contribution in [0.2, 0.25) is 0 Å². The van der Waals surface area contributed by atoms with Crippen molar-refractivity contribution in [1.29, 1.82) is 0 Å². The first-order valence-corrected chi connectivity index (χ1v) is 11.9. The zero-order valence-corrected chi connectivity index (χ0v) is 18.3. The number of fused-ring (bicyclic) bond motifs is 2. The van der Waals surface area contributed by atoms with E-state index in [1.165, 1.54) is 28.0 Å². The third-order valence-electron chi connectivity index (χ3n) is 4.99. The summed E-state index contributed by atoms with van der Waals surface area (Å²) in [4.78, 5) is 45.7. The van der Waals surface area contributed by atoms with Gasteiger partial charge in [-0.15, -0.1) is 22.7 Å². The number of nitrogens with zero attached hydrogens (tertiary/aromatic N) is 3. The topological polar surface area (TPSA) is 72.3 Å². The smallest absolute Gasteiger partial charge is 0.263 e. The van der Waals surface area contributed by atoms with Crippen LogP contribution < -0.4 is 5.56 Å². The molecule has 0 N–H and O–H groups in total. The van der Waals surface area contributed by atoms with E-state index < -0.39 is 0 Å². The highest BCUT2D eigenvalue weighted by atomic mass is 32.2. The molecule has 4 heterocycles. The fourth-order valence-corrected chi connectivity index (χ4v) is 6.16. The van der Waals surface area contributed by atoms with Crippen molar-refractivity contribution in [2.75, 3.05) is 12.3 Å². The highest BCUT2D eigenvalue weighted by molar-refractivity contribution is 7.99. The summed E-state index contributed by atoms with van der Waals surface area (Å²) < 4.78 is 1.54. The first-order valence-electron chi connectivity index (χ1n) is 9.16. The van der Waals surface area contributed by atoms with E-state index in [4.69, 9.17) is 0 Å². The summed E-state index contributed by atoms with van der Waals surface area (Å²) in [5, 5.41) is 5.16. The second kappa shape index (κ2) is 7.50. The van der Waals surface area contributed by atoms with Crippen molar-refractivity contribution in [3.63, 3.8) is 0 Å². The van der Waals surface area contributed by atoms with Gasteiger partial charge in [0.05, 0.1) is 16.5 Å². The Labute approximate surface area is 183 Å². The van der Waals surface area contributed by atoms with Crippen LogP contribution in [0.5, 0.6) is 0 Å². The normalized spacial score (nSPS) is 13.4. The minimum absolute atomic E-state index is 0.0899. The molecule has 0 saturated carbocycles. The lowest BCUT2D eigenvalue weighted by atomic mass is 10.1. The minimum atomic E-state index is -0.271. The van der Waals surface area contributed by atoms with Crippen LogP contribution in [0.1, 0.15) is 20.7 Å². The number of hydrogen-bond acceptors (Lipinski definition) is 7. The van der Waals surface area contributed by atoms with E-state index in [1.54, 1.807) is 47.2 Å². The zero-order chi connectivity index (χ0) is 20.8. The maximum atomic E-state index is 13.0. The van der Waals surface area contributed by atoms with E-state index in [0.29, 0.717) is 32.3 Å². The van der Waals surface area contributed by atoms with Crippen molar-refractivity contribution in [2.24, 2.45) is 7.05 Å². The highest BCUT2D eigenvalue weighted by Gasteiger charge is 2.34. The van der Waals surface area contributed by atoms with Gasteiger partial charge < -0.3 is 0 Å². The van der Waals surface area contributed by atoms with Crippen molar-refractivity contribution >= 4 is 56.5 Å². The Morgan fingerprint density at radius 3 is 2.37 bits per heavy atom. The van der Waals surface area contributed by atoms with Gasteiger partial charge in [0.2, 0.25) is 0 Å². The molecule has 0 aliphatic carbocycles. The number of benzene rings is 1. The molecule has 0 spiro atoms. The summed E-state index contributed by atoms with van der Waals surface area (Å²) in [6.45, 7) is 0.260. The molecule has 0 fully saturated rings. The average Bonchev–Trinajstić information content (AvgIpc) is 3.47. The van der Waals surface area contributed by atoms with Crippen molar-refractivity contribution in [1.82, 2.24) is 14.5 Å². The van der Waals surface area contributed by atoms with Crippen molar-refractivity contribution < 1.29 is 9.59 Å². The van der Waals surface area contributed by atoms with E-state index in [1.807, 2.05) is 22.9 Å². The number of carbonyl (C=O) groups is 2. The minimum Gasteiger partial charge on any atom is -0.290 e. The highest BCUT2D eigenvalue weighted by Crippen LogP contribution is 2.34. The van der Waals surface area contributed by atoms with Gasteiger partial charge in [-0.1, -0.05) is 30.0 Å². The number of thiophene rings is 2. The summed E-state index contributed by atoms with van der Waals surface area (Å²) in [6.07, 6.45) is 0. The number of aromatic nitrogens is 2. The first-order chi connectivity index (χ1) is 14.6. The molecule has 30 heavy (non-hydrogen) atoms. The number of amides is 2. The largest absolute Gasteiger partial charge is 0.290 e.